The second-order valence-electron chi connectivity index (χ2n) is 5.29. The van der Waals surface area contributed by atoms with Crippen molar-refractivity contribution in [3.63, 3.8) is 0 Å². The highest BCUT2D eigenvalue weighted by Crippen LogP contribution is 2.29. The third-order valence-corrected chi connectivity index (χ3v) is 3.80. The quantitative estimate of drug-likeness (QED) is 0.800. The van der Waals surface area contributed by atoms with E-state index in [4.69, 9.17) is 0 Å². The first-order chi connectivity index (χ1) is 9.74. The fraction of sp³-hybridized carbons (Fsp3) is 0.294. The molecule has 1 aromatic heterocycles. The standard InChI is InChI=1S/C17H18N2O/c1-13(20)15-6-7-17-16(10-15)5-3-9-19(17)12-14-4-2-8-18-11-14/h2,4,6-8,10-11H,3,5,9,12H2,1H3. The summed E-state index contributed by atoms with van der Waals surface area (Å²) in [5.41, 5.74) is 4.57. The summed E-state index contributed by atoms with van der Waals surface area (Å²) in [6, 6.07) is 10.1. The second kappa shape index (κ2) is 5.45. The summed E-state index contributed by atoms with van der Waals surface area (Å²) in [5, 5.41) is 0. The van der Waals surface area contributed by atoms with Gasteiger partial charge in [0.05, 0.1) is 0 Å². The molecule has 0 N–H and O–H groups in total. The van der Waals surface area contributed by atoms with Gasteiger partial charge in [0.15, 0.2) is 5.78 Å². The van der Waals surface area contributed by atoms with Gasteiger partial charge >= 0.3 is 0 Å². The van der Waals surface area contributed by atoms with Gasteiger partial charge in [0.25, 0.3) is 0 Å². The summed E-state index contributed by atoms with van der Waals surface area (Å²) >= 11 is 0. The van der Waals surface area contributed by atoms with Crippen LogP contribution in [0.4, 0.5) is 5.69 Å². The summed E-state index contributed by atoms with van der Waals surface area (Å²) in [7, 11) is 0. The van der Waals surface area contributed by atoms with E-state index in [0.717, 1.165) is 31.5 Å². The lowest BCUT2D eigenvalue weighted by atomic mass is 9.97. The third-order valence-electron chi connectivity index (χ3n) is 3.80. The average molecular weight is 266 g/mol. The molecular weight excluding hydrogens is 248 g/mol. The van der Waals surface area contributed by atoms with E-state index < -0.39 is 0 Å². The molecule has 3 rings (SSSR count). The smallest absolute Gasteiger partial charge is 0.159 e. The van der Waals surface area contributed by atoms with Crippen molar-refractivity contribution in [3.05, 3.63) is 59.4 Å². The molecule has 3 heteroatoms. The summed E-state index contributed by atoms with van der Waals surface area (Å²) in [5.74, 6) is 0.136. The first-order valence-electron chi connectivity index (χ1n) is 7.02. The molecule has 0 radical (unpaired) electrons. The number of carbonyl (C=O) groups is 1. The number of benzene rings is 1. The number of rotatable bonds is 3. The van der Waals surface area contributed by atoms with E-state index in [1.165, 1.54) is 16.8 Å². The topological polar surface area (TPSA) is 33.2 Å². The molecule has 0 saturated carbocycles. The number of pyridine rings is 1. The van der Waals surface area contributed by atoms with Crippen molar-refractivity contribution in [1.29, 1.82) is 0 Å². The fourth-order valence-corrected chi connectivity index (χ4v) is 2.77. The minimum atomic E-state index is 0.136. The molecule has 3 nitrogen and oxygen atoms in total. The van der Waals surface area contributed by atoms with Gasteiger partial charge in [0.2, 0.25) is 0 Å². The first-order valence-corrected chi connectivity index (χ1v) is 7.02. The van der Waals surface area contributed by atoms with Crippen LogP contribution < -0.4 is 4.90 Å². The van der Waals surface area contributed by atoms with Crippen LogP contribution in [0.3, 0.4) is 0 Å². The Morgan fingerprint density at radius 1 is 1.35 bits per heavy atom. The van der Waals surface area contributed by atoms with Crippen LogP contribution in [0.1, 0.15) is 34.8 Å². The molecule has 102 valence electrons. The van der Waals surface area contributed by atoms with Gasteiger partial charge in [-0.25, -0.2) is 0 Å². The largest absolute Gasteiger partial charge is 0.367 e. The molecule has 0 spiro atoms. The molecule has 1 aliphatic rings. The summed E-state index contributed by atoms with van der Waals surface area (Å²) in [4.78, 5) is 18.0. The fourth-order valence-electron chi connectivity index (χ4n) is 2.77. The normalized spacial score (nSPS) is 13.9. The van der Waals surface area contributed by atoms with Gasteiger partial charge in [-0.1, -0.05) is 6.07 Å². The lowest BCUT2D eigenvalue weighted by Crippen LogP contribution is -2.29. The summed E-state index contributed by atoms with van der Waals surface area (Å²) in [6.07, 6.45) is 5.90. The Labute approximate surface area is 119 Å². The van der Waals surface area contributed by atoms with E-state index in [1.54, 1.807) is 13.1 Å². The molecule has 0 fully saturated rings. The van der Waals surface area contributed by atoms with E-state index in [9.17, 15) is 4.79 Å². The predicted molar refractivity (Wildman–Crippen MR) is 80.1 cm³/mol. The van der Waals surface area contributed by atoms with Crippen molar-refractivity contribution in [3.8, 4) is 0 Å². The van der Waals surface area contributed by atoms with E-state index in [1.807, 2.05) is 24.4 Å². The van der Waals surface area contributed by atoms with Crippen LogP contribution in [-0.2, 0) is 13.0 Å². The van der Waals surface area contributed by atoms with Crippen molar-refractivity contribution in [2.24, 2.45) is 0 Å². The van der Waals surface area contributed by atoms with Crippen molar-refractivity contribution in [2.45, 2.75) is 26.3 Å². The van der Waals surface area contributed by atoms with Gasteiger partial charge in [0.1, 0.15) is 0 Å². The Hall–Kier alpha value is -2.16. The molecule has 0 amide bonds. The molecule has 0 atom stereocenters. The number of ketones is 1. The van der Waals surface area contributed by atoms with Crippen LogP contribution in [0.2, 0.25) is 0 Å². The summed E-state index contributed by atoms with van der Waals surface area (Å²) in [6.45, 7) is 3.56. The monoisotopic (exact) mass is 266 g/mol. The highest BCUT2D eigenvalue weighted by molar-refractivity contribution is 5.94. The number of anilines is 1. The Morgan fingerprint density at radius 3 is 3.00 bits per heavy atom. The Kier molecular flexibility index (Phi) is 3.50. The van der Waals surface area contributed by atoms with Gasteiger partial charge in [-0.2, -0.15) is 0 Å². The highest BCUT2D eigenvalue weighted by Gasteiger charge is 2.18. The van der Waals surface area contributed by atoms with Gasteiger partial charge in [0, 0.05) is 36.7 Å². The summed E-state index contributed by atoms with van der Waals surface area (Å²) < 4.78 is 0. The number of fused-ring (bicyclic) bond motifs is 1. The molecular formula is C17H18N2O. The van der Waals surface area contributed by atoms with Crippen LogP contribution in [-0.4, -0.2) is 17.3 Å². The van der Waals surface area contributed by atoms with E-state index in [-0.39, 0.29) is 5.78 Å². The first kappa shape index (κ1) is 12.9. The van der Waals surface area contributed by atoms with Crippen LogP contribution in [0.5, 0.6) is 0 Å². The number of nitrogens with zero attached hydrogens (tertiary/aromatic N) is 2. The predicted octanol–water partition coefficient (Wildman–Crippen LogP) is 3.24. The molecule has 0 aliphatic carbocycles. The lowest BCUT2D eigenvalue weighted by Gasteiger charge is -2.31. The molecule has 0 bridgehead atoms. The number of carbonyl (C=O) groups excluding carboxylic acids is 1. The van der Waals surface area contributed by atoms with Crippen LogP contribution in [0, 0.1) is 0 Å². The van der Waals surface area contributed by atoms with Gasteiger partial charge in [-0.3, -0.25) is 9.78 Å². The zero-order valence-electron chi connectivity index (χ0n) is 11.7. The van der Waals surface area contributed by atoms with E-state index in [0.29, 0.717) is 0 Å². The van der Waals surface area contributed by atoms with Crippen LogP contribution in [0.15, 0.2) is 42.7 Å². The Bertz CT molecular complexity index is 622. The maximum atomic E-state index is 11.5. The maximum absolute atomic E-state index is 11.5. The van der Waals surface area contributed by atoms with Gasteiger partial charge in [-0.15, -0.1) is 0 Å². The molecule has 0 unspecified atom stereocenters. The van der Waals surface area contributed by atoms with Gasteiger partial charge < -0.3 is 4.90 Å². The third kappa shape index (κ3) is 2.57. The molecule has 2 heterocycles. The van der Waals surface area contributed by atoms with Crippen molar-refractivity contribution < 1.29 is 4.79 Å². The van der Waals surface area contributed by atoms with Crippen molar-refractivity contribution in [1.82, 2.24) is 4.98 Å². The van der Waals surface area contributed by atoms with Crippen molar-refractivity contribution >= 4 is 11.5 Å². The number of hydrogen-bond acceptors (Lipinski definition) is 3. The maximum Gasteiger partial charge on any atom is 0.159 e. The zero-order chi connectivity index (χ0) is 13.9. The Morgan fingerprint density at radius 2 is 2.25 bits per heavy atom. The lowest BCUT2D eigenvalue weighted by molar-refractivity contribution is 0.101. The molecule has 1 aliphatic heterocycles. The molecule has 20 heavy (non-hydrogen) atoms. The highest BCUT2D eigenvalue weighted by atomic mass is 16.1. The number of aromatic nitrogens is 1. The molecule has 0 saturated heterocycles. The van der Waals surface area contributed by atoms with E-state index >= 15 is 0 Å². The number of Topliss-reactive ketones (excluding diaryl/α,β-unsaturated/α-hetero) is 1. The number of hydrogen-bond donors (Lipinski definition) is 0. The Balaban J connectivity index is 1.88. The molecule has 1 aromatic carbocycles. The van der Waals surface area contributed by atoms with E-state index in [2.05, 4.69) is 22.0 Å². The van der Waals surface area contributed by atoms with Crippen LogP contribution in [0.25, 0.3) is 0 Å². The zero-order valence-corrected chi connectivity index (χ0v) is 11.7. The average Bonchev–Trinajstić information content (AvgIpc) is 2.48. The van der Waals surface area contributed by atoms with Crippen molar-refractivity contribution in [2.75, 3.05) is 11.4 Å². The minimum absolute atomic E-state index is 0.136. The van der Waals surface area contributed by atoms with Gasteiger partial charge in [-0.05, 0) is 55.2 Å². The number of aryl methyl sites for hydroxylation is 1. The minimum Gasteiger partial charge on any atom is -0.367 e. The van der Waals surface area contributed by atoms with Crippen LogP contribution >= 0.6 is 0 Å². The second-order valence-corrected chi connectivity index (χ2v) is 5.29. The SMILES string of the molecule is CC(=O)c1ccc2c(c1)CCCN2Cc1cccnc1. The molecule has 2 aromatic rings.